The van der Waals surface area contributed by atoms with Crippen molar-refractivity contribution in [3.05, 3.63) is 0 Å². The summed E-state index contributed by atoms with van der Waals surface area (Å²) in [7, 11) is 1.81. The van der Waals surface area contributed by atoms with Crippen molar-refractivity contribution in [1.29, 1.82) is 0 Å². The number of guanidine groups is 1. The first-order chi connectivity index (χ1) is 10.7. The largest absolute Gasteiger partial charge is 0.373 e. The molecule has 3 atom stereocenters. The van der Waals surface area contributed by atoms with Gasteiger partial charge in [-0.15, -0.1) is 0 Å². The summed E-state index contributed by atoms with van der Waals surface area (Å²) in [5, 5.41) is 6.77. The van der Waals surface area contributed by atoms with Crippen molar-refractivity contribution in [3.8, 4) is 0 Å². The molecule has 3 aliphatic rings. The number of nitrogens with zero attached hydrogens (tertiary/aromatic N) is 2. The lowest BCUT2D eigenvalue weighted by molar-refractivity contribution is -0.0453. The van der Waals surface area contributed by atoms with Crippen LogP contribution in [0.4, 0.5) is 0 Å². The van der Waals surface area contributed by atoms with Crippen LogP contribution in [0.15, 0.2) is 4.99 Å². The number of ether oxygens (including phenoxy) is 2. The van der Waals surface area contributed by atoms with Crippen LogP contribution in [0.1, 0.15) is 32.6 Å². The Morgan fingerprint density at radius 3 is 3.05 bits per heavy atom. The first kappa shape index (κ1) is 16.0. The quantitative estimate of drug-likeness (QED) is 0.588. The van der Waals surface area contributed by atoms with Gasteiger partial charge in [-0.2, -0.15) is 0 Å². The van der Waals surface area contributed by atoms with Crippen LogP contribution in [0.2, 0.25) is 0 Å². The normalized spacial score (nSPS) is 36.4. The summed E-state index contributed by atoms with van der Waals surface area (Å²) >= 11 is 0. The molecule has 0 spiro atoms. The van der Waals surface area contributed by atoms with E-state index in [0.29, 0.717) is 6.04 Å². The Kier molecular flexibility index (Phi) is 5.21. The minimum absolute atomic E-state index is 0.0538. The average molecular weight is 310 g/mol. The summed E-state index contributed by atoms with van der Waals surface area (Å²) in [5.74, 6) is 0.837. The fraction of sp³-hybridized carbons (Fsp3) is 0.938. The SMILES string of the molecule is CN=C(NCC1CN2CCCC2CO1)NCC1(C)CCCO1. The third-order valence-corrected chi connectivity index (χ3v) is 5.11. The zero-order chi connectivity index (χ0) is 15.4. The smallest absolute Gasteiger partial charge is 0.191 e. The summed E-state index contributed by atoms with van der Waals surface area (Å²) in [6, 6.07) is 0.660. The highest BCUT2D eigenvalue weighted by atomic mass is 16.5. The Morgan fingerprint density at radius 1 is 1.36 bits per heavy atom. The van der Waals surface area contributed by atoms with Gasteiger partial charge in [0.05, 0.1) is 18.3 Å². The van der Waals surface area contributed by atoms with Crippen LogP contribution in [0.3, 0.4) is 0 Å². The highest BCUT2D eigenvalue weighted by Gasteiger charge is 2.32. The Bertz CT molecular complexity index is 396. The van der Waals surface area contributed by atoms with Crippen LogP contribution in [0, 0.1) is 0 Å². The summed E-state index contributed by atoms with van der Waals surface area (Å²) < 4.78 is 11.8. The maximum atomic E-state index is 5.97. The van der Waals surface area contributed by atoms with Crippen molar-refractivity contribution in [2.24, 2.45) is 4.99 Å². The second kappa shape index (κ2) is 7.15. The lowest BCUT2D eigenvalue weighted by Gasteiger charge is -2.35. The number of hydrogen-bond donors (Lipinski definition) is 2. The van der Waals surface area contributed by atoms with Gasteiger partial charge < -0.3 is 20.1 Å². The number of morpholine rings is 1. The average Bonchev–Trinajstić information content (AvgIpc) is 3.16. The maximum Gasteiger partial charge on any atom is 0.191 e. The van der Waals surface area contributed by atoms with Crippen LogP contribution >= 0.6 is 0 Å². The molecule has 3 saturated heterocycles. The second-order valence-corrected chi connectivity index (χ2v) is 6.95. The molecular weight excluding hydrogens is 280 g/mol. The van der Waals surface area contributed by atoms with E-state index in [-0.39, 0.29) is 11.7 Å². The molecule has 3 fully saturated rings. The fourth-order valence-corrected chi connectivity index (χ4v) is 3.69. The summed E-state index contributed by atoms with van der Waals surface area (Å²) in [5.41, 5.74) is -0.0538. The predicted molar refractivity (Wildman–Crippen MR) is 87.3 cm³/mol. The van der Waals surface area contributed by atoms with Gasteiger partial charge in [0.25, 0.3) is 0 Å². The molecule has 3 heterocycles. The van der Waals surface area contributed by atoms with Gasteiger partial charge in [-0.3, -0.25) is 9.89 Å². The van der Waals surface area contributed by atoms with Gasteiger partial charge in [0.1, 0.15) is 0 Å². The summed E-state index contributed by atoms with van der Waals surface area (Å²) in [6.07, 6.45) is 5.12. The summed E-state index contributed by atoms with van der Waals surface area (Å²) in [6.45, 7) is 7.79. The van der Waals surface area contributed by atoms with Crippen molar-refractivity contribution >= 4 is 5.96 Å². The van der Waals surface area contributed by atoms with Gasteiger partial charge >= 0.3 is 0 Å². The van der Waals surface area contributed by atoms with E-state index in [2.05, 4.69) is 27.4 Å². The molecule has 3 rings (SSSR count). The molecule has 0 radical (unpaired) electrons. The van der Waals surface area contributed by atoms with Crippen molar-refractivity contribution in [2.75, 3.05) is 46.4 Å². The third kappa shape index (κ3) is 3.91. The van der Waals surface area contributed by atoms with Crippen molar-refractivity contribution in [2.45, 2.75) is 50.4 Å². The van der Waals surface area contributed by atoms with Gasteiger partial charge in [-0.25, -0.2) is 0 Å². The Labute approximate surface area is 133 Å². The molecule has 3 unspecified atom stereocenters. The minimum Gasteiger partial charge on any atom is -0.373 e. The zero-order valence-corrected chi connectivity index (χ0v) is 13.9. The topological polar surface area (TPSA) is 58.1 Å². The standard InChI is InChI=1S/C16H30N4O2/c1-16(6-4-8-22-16)12-19-15(17-2)18-9-14-10-20-7-3-5-13(20)11-21-14/h13-14H,3-12H2,1-2H3,(H2,17,18,19). The first-order valence-corrected chi connectivity index (χ1v) is 8.63. The van der Waals surface area contributed by atoms with Crippen molar-refractivity contribution < 1.29 is 9.47 Å². The Hall–Kier alpha value is -0.850. The van der Waals surface area contributed by atoms with Gasteiger partial charge in [0.2, 0.25) is 0 Å². The predicted octanol–water partition coefficient (Wildman–Crippen LogP) is 0.584. The molecule has 2 N–H and O–H groups in total. The second-order valence-electron chi connectivity index (χ2n) is 6.95. The highest BCUT2D eigenvalue weighted by Crippen LogP contribution is 2.24. The molecule has 0 aromatic heterocycles. The zero-order valence-electron chi connectivity index (χ0n) is 13.9. The highest BCUT2D eigenvalue weighted by molar-refractivity contribution is 5.79. The summed E-state index contributed by atoms with van der Waals surface area (Å²) in [4.78, 5) is 6.87. The number of hydrogen-bond acceptors (Lipinski definition) is 4. The van der Waals surface area contributed by atoms with E-state index < -0.39 is 0 Å². The molecule has 0 amide bonds. The number of aliphatic imine (C=N–C) groups is 1. The molecule has 0 aromatic rings. The maximum absolute atomic E-state index is 5.97. The van der Waals surface area contributed by atoms with E-state index >= 15 is 0 Å². The first-order valence-electron chi connectivity index (χ1n) is 8.63. The van der Waals surface area contributed by atoms with Gasteiger partial charge in [0, 0.05) is 39.3 Å². The van der Waals surface area contributed by atoms with E-state index in [4.69, 9.17) is 9.47 Å². The molecule has 126 valence electrons. The molecule has 0 saturated carbocycles. The van der Waals surface area contributed by atoms with E-state index in [1.807, 2.05) is 7.05 Å². The minimum atomic E-state index is -0.0538. The van der Waals surface area contributed by atoms with E-state index in [1.54, 1.807) is 0 Å². The van der Waals surface area contributed by atoms with Crippen LogP contribution < -0.4 is 10.6 Å². The Morgan fingerprint density at radius 2 is 2.27 bits per heavy atom. The van der Waals surface area contributed by atoms with Crippen LogP contribution in [0.5, 0.6) is 0 Å². The molecule has 0 aromatic carbocycles. The molecule has 22 heavy (non-hydrogen) atoms. The van der Waals surface area contributed by atoms with E-state index in [1.165, 1.54) is 19.4 Å². The van der Waals surface area contributed by atoms with Crippen molar-refractivity contribution in [1.82, 2.24) is 15.5 Å². The van der Waals surface area contributed by atoms with E-state index in [0.717, 1.165) is 51.6 Å². The van der Waals surface area contributed by atoms with Gasteiger partial charge in [0.15, 0.2) is 5.96 Å². The van der Waals surface area contributed by atoms with Crippen LogP contribution in [0.25, 0.3) is 0 Å². The fourth-order valence-electron chi connectivity index (χ4n) is 3.69. The molecular formula is C16H30N4O2. The van der Waals surface area contributed by atoms with Gasteiger partial charge in [-0.05, 0) is 39.2 Å². The lowest BCUT2D eigenvalue weighted by atomic mass is 10.0. The Balaban J connectivity index is 1.39. The number of rotatable bonds is 4. The van der Waals surface area contributed by atoms with Crippen molar-refractivity contribution in [3.63, 3.8) is 0 Å². The van der Waals surface area contributed by atoms with E-state index in [9.17, 15) is 0 Å². The monoisotopic (exact) mass is 310 g/mol. The molecule has 0 bridgehead atoms. The molecule has 3 aliphatic heterocycles. The molecule has 6 heteroatoms. The molecule has 6 nitrogen and oxygen atoms in total. The lowest BCUT2D eigenvalue weighted by Crippen LogP contribution is -2.52. The third-order valence-electron chi connectivity index (χ3n) is 5.11. The molecule has 0 aliphatic carbocycles. The van der Waals surface area contributed by atoms with Crippen LogP contribution in [-0.4, -0.2) is 75.0 Å². The van der Waals surface area contributed by atoms with Gasteiger partial charge in [-0.1, -0.05) is 0 Å². The van der Waals surface area contributed by atoms with Crippen LogP contribution in [-0.2, 0) is 9.47 Å². The number of fused-ring (bicyclic) bond motifs is 1. The number of nitrogens with one attached hydrogen (secondary N) is 2.